The lowest BCUT2D eigenvalue weighted by Gasteiger charge is -2.34. The van der Waals surface area contributed by atoms with Gasteiger partial charge in [0.25, 0.3) is 0 Å². The summed E-state index contributed by atoms with van der Waals surface area (Å²) in [6.07, 6.45) is -2.40. The summed E-state index contributed by atoms with van der Waals surface area (Å²) in [4.78, 5) is 24.2. The van der Waals surface area contributed by atoms with Gasteiger partial charge < -0.3 is 19.9 Å². The van der Waals surface area contributed by atoms with Gasteiger partial charge in [-0.05, 0) is 27.7 Å². The lowest BCUT2D eigenvalue weighted by atomic mass is 9.98. The highest BCUT2D eigenvalue weighted by atomic mass is 31.2. The topological polar surface area (TPSA) is 162 Å². The van der Waals surface area contributed by atoms with Crippen molar-refractivity contribution >= 4 is 30.8 Å². The fraction of sp³-hybridized carbons (Fsp3) is 0.667. The molecular formula is C18H26FN6O7P. The monoisotopic (exact) mass is 488 g/mol. The van der Waals surface area contributed by atoms with Crippen LogP contribution in [0.25, 0.3) is 11.2 Å². The number of fused-ring (bicyclic) bond motifs is 2. The molecule has 0 aromatic carbocycles. The molecule has 4 heterocycles. The first-order chi connectivity index (χ1) is 15.5. The van der Waals surface area contributed by atoms with Crippen molar-refractivity contribution in [3.63, 3.8) is 0 Å². The van der Waals surface area contributed by atoms with E-state index in [2.05, 4.69) is 20.0 Å². The van der Waals surface area contributed by atoms with Crippen molar-refractivity contribution in [3.05, 3.63) is 6.33 Å². The Morgan fingerprint density at radius 1 is 1.48 bits per heavy atom. The van der Waals surface area contributed by atoms with Crippen LogP contribution in [-0.2, 0) is 27.9 Å². The Morgan fingerprint density at radius 2 is 2.24 bits per heavy atom. The van der Waals surface area contributed by atoms with E-state index >= 15 is 4.39 Å². The SMILES string of the molecule is CCOc1nc(N)nc2c1ncn2[C@@H]1O[C@@H]2CO[P@](=O)(NCC(=O)OC(C)C)O[C@H]2[C@@]1(C)F. The minimum Gasteiger partial charge on any atom is -0.476 e. The van der Waals surface area contributed by atoms with Crippen LogP contribution in [0.3, 0.4) is 0 Å². The first-order valence-corrected chi connectivity index (χ1v) is 11.9. The van der Waals surface area contributed by atoms with Gasteiger partial charge in [0.05, 0.1) is 25.6 Å². The molecule has 0 saturated carbocycles. The first kappa shape index (κ1) is 23.8. The van der Waals surface area contributed by atoms with Crippen LogP contribution in [0.1, 0.15) is 33.9 Å². The van der Waals surface area contributed by atoms with Crippen LogP contribution in [0.4, 0.5) is 10.3 Å². The summed E-state index contributed by atoms with van der Waals surface area (Å²) >= 11 is 0. The number of alkyl halides is 1. The Labute approximate surface area is 188 Å². The van der Waals surface area contributed by atoms with Gasteiger partial charge in [0.2, 0.25) is 11.8 Å². The molecule has 2 aliphatic rings. The second-order valence-electron chi connectivity index (χ2n) is 8.01. The van der Waals surface area contributed by atoms with Crippen LogP contribution in [0.5, 0.6) is 5.88 Å². The third-order valence-corrected chi connectivity index (χ3v) is 6.61. The maximum absolute atomic E-state index is 16.1. The fourth-order valence-electron chi connectivity index (χ4n) is 3.73. The minimum absolute atomic E-state index is 0.0785. The molecule has 2 aromatic rings. The summed E-state index contributed by atoms with van der Waals surface area (Å²) in [6.45, 7) is 6.06. The van der Waals surface area contributed by atoms with E-state index in [1.165, 1.54) is 17.8 Å². The van der Waals surface area contributed by atoms with Gasteiger partial charge in [-0.2, -0.15) is 9.97 Å². The van der Waals surface area contributed by atoms with Gasteiger partial charge >= 0.3 is 13.7 Å². The predicted molar refractivity (Wildman–Crippen MR) is 112 cm³/mol. The van der Waals surface area contributed by atoms with Gasteiger partial charge in [-0.15, -0.1) is 0 Å². The Bertz CT molecular complexity index is 1100. The molecule has 0 spiro atoms. The first-order valence-electron chi connectivity index (χ1n) is 10.4. The van der Waals surface area contributed by atoms with Crippen LogP contribution in [0.2, 0.25) is 0 Å². The molecule has 0 unspecified atom stereocenters. The number of hydrogen-bond donors (Lipinski definition) is 2. The van der Waals surface area contributed by atoms with Crippen LogP contribution >= 0.6 is 7.75 Å². The highest BCUT2D eigenvalue weighted by molar-refractivity contribution is 7.51. The number of hydrogen-bond acceptors (Lipinski definition) is 11. The molecule has 5 atom stereocenters. The molecular weight excluding hydrogens is 462 g/mol. The third-order valence-electron chi connectivity index (χ3n) is 5.07. The normalized spacial score (nSPS) is 31.6. The molecule has 0 bridgehead atoms. The largest absolute Gasteiger partial charge is 0.476 e. The van der Waals surface area contributed by atoms with Gasteiger partial charge in [0.1, 0.15) is 18.8 Å². The Hall–Kier alpha value is -2.38. The van der Waals surface area contributed by atoms with Crippen LogP contribution in [0.15, 0.2) is 6.33 Å². The predicted octanol–water partition coefficient (Wildman–Crippen LogP) is 1.50. The Balaban J connectivity index is 1.57. The van der Waals surface area contributed by atoms with E-state index in [0.29, 0.717) is 6.61 Å². The van der Waals surface area contributed by atoms with Crippen molar-refractivity contribution < 1.29 is 37.0 Å². The van der Waals surface area contributed by atoms with Gasteiger partial charge in [0.15, 0.2) is 23.1 Å². The number of halogens is 1. The summed E-state index contributed by atoms with van der Waals surface area (Å²) < 4.78 is 57.5. The van der Waals surface area contributed by atoms with Crippen molar-refractivity contribution in [2.24, 2.45) is 0 Å². The van der Waals surface area contributed by atoms with Gasteiger partial charge in [-0.3, -0.25) is 18.4 Å². The fourth-order valence-corrected chi connectivity index (χ4v) is 5.26. The summed E-state index contributed by atoms with van der Waals surface area (Å²) in [5.41, 5.74) is 4.10. The smallest absolute Gasteiger partial charge is 0.406 e. The number of carbonyl (C=O) groups is 1. The van der Waals surface area contributed by atoms with Crippen LogP contribution in [0, 0.1) is 0 Å². The Morgan fingerprint density at radius 3 is 2.94 bits per heavy atom. The average Bonchev–Trinajstić information content (AvgIpc) is 3.24. The summed E-state index contributed by atoms with van der Waals surface area (Å²) in [7, 11) is -4.00. The average molecular weight is 488 g/mol. The number of nitrogens with two attached hydrogens (primary N) is 1. The molecule has 15 heteroatoms. The van der Waals surface area contributed by atoms with Crippen molar-refractivity contribution in [1.82, 2.24) is 24.6 Å². The van der Waals surface area contributed by atoms with E-state index in [-0.39, 0.29) is 35.7 Å². The molecule has 13 nitrogen and oxygen atoms in total. The number of ether oxygens (including phenoxy) is 3. The number of nitrogens with zero attached hydrogens (tertiary/aromatic N) is 4. The second-order valence-corrected chi connectivity index (χ2v) is 9.80. The zero-order chi connectivity index (χ0) is 24.0. The van der Waals surface area contributed by atoms with E-state index in [4.69, 9.17) is 29.0 Å². The summed E-state index contributed by atoms with van der Waals surface area (Å²) in [5.74, 6) is -0.563. The highest BCUT2D eigenvalue weighted by Crippen LogP contribution is 2.56. The zero-order valence-corrected chi connectivity index (χ0v) is 19.5. The van der Waals surface area contributed by atoms with Gasteiger partial charge in [-0.25, -0.2) is 19.0 Å². The molecule has 3 N–H and O–H groups in total. The maximum atomic E-state index is 16.1. The molecule has 33 heavy (non-hydrogen) atoms. The second kappa shape index (κ2) is 8.76. The van der Waals surface area contributed by atoms with Gasteiger partial charge in [-0.1, -0.05) is 0 Å². The van der Waals surface area contributed by atoms with E-state index < -0.39 is 44.4 Å². The third kappa shape index (κ3) is 4.53. The number of nitrogen functional groups attached to an aromatic ring is 1. The van der Waals surface area contributed by atoms with Crippen molar-refractivity contribution in [2.45, 2.75) is 57.9 Å². The molecule has 0 aliphatic carbocycles. The van der Waals surface area contributed by atoms with E-state index in [1.807, 2.05) is 0 Å². The quantitative estimate of drug-likeness (QED) is 0.427. The van der Waals surface area contributed by atoms with E-state index in [0.717, 1.165) is 0 Å². The van der Waals surface area contributed by atoms with E-state index in [1.54, 1.807) is 20.8 Å². The Kier molecular flexibility index (Phi) is 6.31. The lowest BCUT2D eigenvalue weighted by Crippen LogP contribution is -2.46. The van der Waals surface area contributed by atoms with Crippen LogP contribution in [-0.4, -0.2) is 69.2 Å². The lowest BCUT2D eigenvalue weighted by molar-refractivity contribution is -0.146. The molecule has 2 saturated heterocycles. The molecule has 2 aromatic heterocycles. The van der Waals surface area contributed by atoms with Crippen LogP contribution < -0.4 is 15.6 Å². The number of carbonyl (C=O) groups excluding carboxylic acids is 1. The molecule has 2 aliphatic heterocycles. The van der Waals surface area contributed by atoms with Gasteiger partial charge in [0, 0.05) is 0 Å². The minimum atomic E-state index is -4.00. The summed E-state index contributed by atoms with van der Waals surface area (Å²) in [6, 6.07) is 0. The number of aromatic nitrogens is 4. The molecule has 182 valence electrons. The van der Waals surface area contributed by atoms with E-state index in [9.17, 15) is 9.36 Å². The standard InChI is InChI=1S/C18H26FN6O7P/c1-5-28-15-12-14(23-17(20)24-15)25(8-21-12)16-18(4,19)13-10(31-16)7-29-33(27,32-13)22-6-11(26)30-9(2)3/h8-10,13,16H,5-7H2,1-4H3,(H,22,27)(H2,20,23,24)/t10-,13-,16-,18-,33-/m1/s1. The number of esters is 1. The molecule has 4 rings (SSSR count). The summed E-state index contributed by atoms with van der Waals surface area (Å²) in [5, 5.41) is 2.40. The molecule has 2 fully saturated rings. The number of imidazole rings is 1. The molecule has 0 amide bonds. The van der Waals surface area contributed by atoms with Crippen molar-refractivity contribution in [3.8, 4) is 5.88 Å². The maximum Gasteiger partial charge on any atom is 0.406 e. The number of anilines is 1. The number of rotatable bonds is 7. The van der Waals surface area contributed by atoms with Crippen molar-refractivity contribution in [1.29, 1.82) is 0 Å². The van der Waals surface area contributed by atoms with Crippen molar-refractivity contribution in [2.75, 3.05) is 25.5 Å². The zero-order valence-electron chi connectivity index (χ0n) is 18.6. The number of nitrogens with one attached hydrogen (secondary N) is 1. The highest BCUT2D eigenvalue weighted by Gasteiger charge is 2.61. The molecule has 0 radical (unpaired) electrons.